The van der Waals surface area contributed by atoms with E-state index >= 15 is 0 Å². The van der Waals surface area contributed by atoms with Gasteiger partial charge < -0.3 is 4.90 Å². The summed E-state index contributed by atoms with van der Waals surface area (Å²) in [7, 11) is 0. The molecule has 20 heavy (non-hydrogen) atoms. The second kappa shape index (κ2) is 4.57. The van der Waals surface area contributed by atoms with Crippen LogP contribution in [0.1, 0.15) is 56.5 Å². The average molecular weight is 290 g/mol. The zero-order chi connectivity index (χ0) is 13.7. The molecule has 1 amide bonds. The largest absolute Gasteiger partial charge is 0.317 e. The van der Waals surface area contributed by atoms with Gasteiger partial charge in [-0.3, -0.25) is 10.1 Å². The number of thiophene rings is 1. The lowest BCUT2D eigenvalue weighted by atomic mass is 9.86. The number of hydrogen-bond acceptors (Lipinski definition) is 3. The Labute approximate surface area is 124 Å². The fraction of sp³-hybridized carbons (Fsp3) is 0.688. The number of carbonyl (C=O) groups excluding carboxylic acids is 1. The fourth-order valence-corrected chi connectivity index (χ4v) is 4.70. The van der Waals surface area contributed by atoms with Crippen molar-refractivity contribution in [2.24, 2.45) is 5.92 Å². The molecule has 1 aliphatic heterocycles. The maximum Gasteiger partial charge on any atom is 0.244 e. The van der Waals surface area contributed by atoms with Gasteiger partial charge in [-0.25, -0.2) is 0 Å². The standard InChI is InChI=1S/C16H22N2OS/c1-11-4-2-5-12(10-11)18-14(13-6-3-9-20-13)17-16(7-8-16)15(18)19/h3,6,9,11-12,14,17H,2,4-5,7-8,10H2,1H3. The Morgan fingerprint density at radius 2 is 2.25 bits per heavy atom. The zero-order valence-corrected chi connectivity index (χ0v) is 12.8. The first-order valence-corrected chi connectivity index (χ1v) is 8.71. The summed E-state index contributed by atoms with van der Waals surface area (Å²) in [6.45, 7) is 2.33. The van der Waals surface area contributed by atoms with E-state index in [0.717, 1.165) is 18.8 Å². The number of amides is 1. The topological polar surface area (TPSA) is 32.3 Å². The third-order valence-corrected chi connectivity index (χ3v) is 6.12. The van der Waals surface area contributed by atoms with Crippen LogP contribution in [0.15, 0.2) is 17.5 Å². The lowest BCUT2D eigenvalue weighted by Crippen LogP contribution is -2.42. The van der Waals surface area contributed by atoms with Crippen molar-refractivity contribution in [2.45, 2.75) is 63.2 Å². The third kappa shape index (κ3) is 1.92. The van der Waals surface area contributed by atoms with Gasteiger partial charge in [-0.1, -0.05) is 25.8 Å². The van der Waals surface area contributed by atoms with Gasteiger partial charge in [0.25, 0.3) is 0 Å². The van der Waals surface area contributed by atoms with E-state index in [2.05, 4.69) is 34.7 Å². The van der Waals surface area contributed by atoms with Crippen molar-refractivity contribution < 1.29 is 4.79 Å². The van der Waals surface area contributed by atoms with Gasteiger partial charge in [-0.15, -0.1) is 11.3 Å². The first-order valence-electron chi connectivity index (χ1n) is 7.83. The molecule has 3 atom stereocenters. The van der Waals surface area contributed by atoms with E-state index < -0.39 is 0 Å². The van der Waals surface area contributed by atoms with Gasteiger partial charge in [0.1, 0.15) is 11.7 Å². The summed E-state index contributed by atoms with van der Waals surface area (Å²) in [5.41, 5.74) is -0.199. The minimum absolute atomic E-state index is 0.125. The summed E-state index contributed by atoms with van der Waals surface area (Å²) in [6, 6.07) is 4.69. The molecular formula is C16H22N2OS. The van der Waals surface area contributed by atoms with Crippen LogP contribution in [0.25, 0.3) is 0 Å². The third-order valence-electron chi connectivity index (χ3n) is 5.20. The van der Waals surface area contributed by atoms with Crippen LogP contribution in [0.2, 0.25) is 0 Å². The summed E-state index contributed by atoms with van der Waals surface area (Å²) in [5, 5.41) is 5.75. The number of hydrogen-bond donors (Lipinski definition) is 1. The van der Waals surface area contributed by atoms with Gasteiger partial charge in [0.05, 0.1) is 0 Å². The van der Waals surface area contributed by atoms with E-state index in [1.807, 2.05) is 0 Å². The maximum atomic E-state index is 12.9. The molecule has 1 aromatic rings. The average Bonchev–Trinajstić information content (AvgIpc) is 2.91. The van der Waals surface area contributed by atoms with Crippen molar-refractivity contribution in [3.63, 3.8) is 0 Å². The molecular weight excluding hydrogens is 268 g/mol. The van der Waals surface area contributed by atoms with Crippen molar-refractivity contribution >= 4 is 17.2 Å². The highest BCUT2D eigenvalue weighted by Crippen LogP contribution is 2.48. The number of carbonyl (C=O) groups is 1. The Bertz CT molecular complexity index is 509. The van der Waals surface area contributed by atoms with E-state index in [1.165, 1.54) is 30.6 Å². The molecule has 1 saturated heterocycles. The lowest BCUT2D eigenvalue weighted by molar-refractivity contribution is -0.134. The van der Waals surface area contributed by atoms with Crippen LogP contribution in [-0.2, 0) is 4.79 Å². The molecule has 4 rings (SSSR count). The number of nitrogens with one attached hydrogen (secondary N) is 1. The molecule has 2 aliphatic carbocycles. The van der Waals surface area contributed by atoms with Crippen LogP contribution in [0.4, 0.5) is 0 Å². The van der Waals surface area contributed by atoms with Crippen molar-refractivity contribution in [3.8, 4) is 0 Å². The Kier molecular flexibility index (Phi) is 2.93. The molecule has 2 heterocycles. The normalized spacial score (nSPS) is 35.8. The predicted molar refractivity (Wildman–Crippen MR) is 80.4 cm³/mol. The van der Waals surface area contributed by atoms with Crippen LogP contribution in [-0.4, -0.2) is 22.4 Å². The van der Waals surface area contributed by atoms with Crippen LogP contribution < -0.4 is 5.32 Å². The molecule has 1 N–H and O–H groups in total. The Balaban J connectivity index is 1.65. The summed E-state index contributed by atoms with van der Waals surface area (Å²) >= 11 is 1.76. The van der Waals surface area contributed by atoms with E-state index in [4.69, 9.17) is 0 Å². The van der Waals surface area contributed by atoms with Gasteiger partial charge >= 0.3 is 0 Å². The quantitative estimate of drug-likeness (QED) is 0.906. The van der Waals surface area contributed by atoms with Crippen molar-refractivity contribution in [1.29, 1.82) is 0 Å². The van der Waals surface area contributed by atoms with Gasteiger partial charge in [0.15, 0.2) is 0 Å². The lowest BCUT2D eigenvalue weighted by Gasteiger charge is -2.37. The van der Waals surface area contributed by atoms with E-state index in [1.54, 1.807) is 11.3 Å². The molecule has 0 radical (unpaired) electrons. The number of rotatable bonds is 2. The van der Waals surface area contributed by atoms with Gasteiger partial charge in [-0.2, -0.15) is 0 Å². The molecule has 108 valence electrons. The van der Waals surface area contributed by atoms with Crippen LogP contribution in [0.3, 0.4) is 0 Å². The smallest absolute Gasteiger partial charge is 0.244 e. The maximum absolute atomic E-state index is 12.9. The highest BCUT2D eigenvalue weighted by Gasteiger charge is 2.60. The second-order valence-electron chi connectivity index (χ2n) is 6.78. The summed E-state index contributed by atoms with van der Waals surface area (Å²) in [5.74, 6) is 1.12. The number of nitrogens with zero attached hydrogens (tertiary/aromatic N) is 1. The van der Waals surface area contributed by atoms with Crippen molar-refractivity contribution in [2.75, 3.05) is 0 Å². The van der Waals surface area contributed by atoms with E-state index in [0.29, 0.717) is 11.9 Å². The SMILES string of the molecule is CC1CCCC(N2C(=O)C3(CC3)NC2c2cccs2)C1. The molecule has 3 unspecified atom stereocenters. The molecule has 3 nitrogen and oxygen atoms in total. The molecule has 4 heteroatoms. The highest BCUT2D eigenvalue weighted by molar-refractivity contribution is 7.10. The van der Waals surface area contributed by atoms with Crippen LogP contribution >= 0.6 is 11.3 Å². The Morgan fingerprint density at radius 1 is 1.40 bits per heavy atom. The molecule has 0 bridgehead atoms. The van der Waals surface area contributed by atoms with E-state index in [-0.39, 0.29) is 11.7 Å². The zero-order valence-electron chi connectivity index (χ0n) is 12.0. The second-order valence-corrected chi connectivity index (χ2v) is 7.76. The Hall–Kier alpha value is -0.870. The van der Waals surface area contributed by atoms with Gasteiger partial charge in [0.2, 0.25) is 5.91 Å². The van der Waals surface area contributed by atoms with Gasteiger partial charge in [0, 0.05) is 10.9 Å². The summed E-state index contributed by atoms with van der Waals surface area (Å²) in [4.78, 5) is 16.4. The summed E-state index contributed by atoms with van der Waals surface area (Å²) < 4.78 is 0. The molecule has 1 spiro atoms. The summed E-state index contributed by atoms with van der Waals surface area (Å²) in [6.07, 6.45) is 7.10. The fourth-order valence-electron chi connectivity index (χ4n) is 3.93. The van der Waals surface area contributed by atoms with Gasteiger partial charge in [-0.05, 0) is 43.0 Å². The van der Waals surface area contributed by atoms with Crippen LogP contribution in [0, 0.1) is 5.92 Å². The first kappa shape index (κ1) is 12.8. The van der Waals surface area contributed by atoms with Crippen molar-refractivity contribution in [3.05, 3.63) is 22.4 Å². The minimum atomic E-state index is -0.199. The van der Waals surface area contributed by atoms with Crippen molar-refractivity contribution in [1.82, 2.24) is 10.2 Å². The predicted octanol–water partition coefficient (Wildman–Crippen LogP) is 3.29. The monoisotopic (exact) mass is 290 g/mol. The molecule has 1 aromatic heterocycles. The Morgan fingerprint density at radius 3 is 2.90 bits per heavy atom. The first-order chi connectivity index (χ1) is 9.70. The van der Waals surface area contributed by atoms with E-state index in [9.17, 15) is 4.79 Å². The molecule has 2 saturated carbocycles. The minimum Gasteiger partial charge on any atom is -0.317 e. The highest BCUT2D eigenvalue weighted by atomic mass is 32.1. The molecule has 0 aromatic carbocycles. The van der Waals surface area contributed by atoms with Crippen LogP contribution in [0.5, 0.6) is 0 Å². The molecule has 3 aliphatic rings. The molecule has 3 fully saturated rings.